The van der Waals surface area contributed by atoms with E-state index in [0.717, 1.165) is 17.8 Å². The molecule has 1 aromatic heterocycles. The lowest BCUT2D eigenvalue weighted by Gasteiger charge is -2.10. The van der Waals surface area contributed by atoms with Crippen LogP contribution in [0.1, 0.15) is 11.3 Å². The minimum absolute atomic E-state index is 0.411. The van der Waals surface area contributed by atoms with Crippen LogP contribution in [0, 0.1) is 11.6 Å². The molecule has 2 nitrogen and oxygen atoms in total. The fourth-order valence-corrected chi connectivity index (χ4v) is 1.84. The summed E-state index contributed by atoms with van der Waals surface area (Å²) in [7, 11) is 0. The first-order chi connectivity index (χ1) is 7.88. The zero-order chi connectivity index (χ0) is 12.6. The van der Waals surface area contributed by atoms with Crippen molar-refractivity contribution in [3.63, 3.8) is 0 Å². The number of benzene rings is 1. The van der Waals surface area contributed by atoms with Crippen LogP contribution in [0.5, 0.6) is 0 Å². The van der Waals surface area contributed by atoms with Crippen LogP contribution in [0.15, 0.2) is 30.3 Å². The zero-order valence-electron chi connectivity index (χ0n) is 8.88. The van der Waals surface area contributed by atoms with Crippen LogP contribution >= 0.6 is 12.2 Å². The number of hydrogen-bond donors (Lipinski definition) is 1. The first-order valence-corrected chi connectivity index (χ1v) is 5.25. The average molecular weight is 258 g/mol. The summed E-state index contributed by atoms with van der Waals surface area (Å²) in [6.45, 7) is 1.77. The molecule has 0 radical (unpaired) electrons. The summed E-state index contributed by atoms with van der Waals surface area (Å²) >= 11 is 4.93. The van der Waals surface area contributed by atoms with E-state index in [0.29, 0.717) is 10.3 Å². The summed E-state index contributed by atoms with van der Waals surface area (Å²) in [5.41, 5.74) is 0.491. The van der Waals surface area contributed by atoms with Gasteiger partial charge in [-0.3, -0.25) is 9.78 Å². The lowest BCUT2D eigenvalue weighted by molar-refractivity contribution is -0.137. The van der Waals surface area contributed by atoms with Crippen LogP contribution in [0.3, 0.4) is 0 Å². The highest BCUT2D eigenvalue weighted by molar-refractivity contribution is 7.71. The van der Waals surface area contributed by atoms with Crippen molar-refractivity contribution < 1.29 is 13.2 Å². The van der Waals surface area contributed by atoms with Gasteiger partial charge in [-0.1, -0.05) is 18.3 Å². The molecule has 0 atom stereocenters. The van der Waals surface area contributed by atoms with Gasteiger partial charge < -0.3 is 0 Å². The van der Waals surface area contributed by atoms with Crippen molar-refractivity contribution in [2.45, 2.75) is 13.1 Å². The highest BCUT2D eigenvalue weighted by atomic mass is 32.1. The highest BCUT2D eigenvalue weighted by Gasteiger charge is 2.30. The second-order valence-electron chi connectivity index (χ2n) is 3.65. The first kappa shape index (κ1) is 11.9. The fraction of sp³-hybridized carbons (Fsp3) is 0.182. The second kappa shape index (κ2) is 4.03. The smallest absolute Gasteiger partial charge is 0.284 e. The molecule has 1 heterocycles. The molecule has 0 amide bonds. The van der Waals surface area contributed by atoms with E-state index in [9.17, 15) is 13.2 Å². The zero-order valence-corrected chi connectivity index (χ0v) is 9.69. The molecule has 0 aliphatic carbocycles. The Bertz CT molecular complexity index is 595. The Morgan fingerprint density at radius 2 is 1.94 bits per heavy atom. The molecule has 1 aromatic carbocycles. The minimum atomic E-state index is -4.34. The molecule has 0 saturated carbocycles. The molecule has 17 heavy (non-hydrogen) atoms. The molecule has 2 rings (SSSR count). The van der Waals surface area contributed by atoms with Crippen molar-refractivity contribution in [2.75, 3.05) is 0 Å². The molecule has 90 valence electrons. The number of halogens is 3. The predicted octanol–water partition coefficient (Wildman–Crippen LogP) is 3.86. The number of hydrogen-bond acceptors (Lipinski definition) is 1. The van der Waals surface area contributed by atoms with E-state index in [2.05, 4.69) is 5.10 Å². The molecule has 0 saturated heterocycles. The van der Waals surface area contributed by atoms with Crippen molar-refractivity contribution in [1.29, 1.82) is 0 Å². The van der Waals surface area contributed by atoms with Gasteiger partial charge in [0, 0.05) is 5.69 Å². The summed E-state index contributed by atoms with van der Waals surface area (Å²) in [4.78, 5) is 0. The SMILES string of the molecule is Cc1cc(=S)[nH]n1-c1cccc(C(F)(F)F)c1. The van der Waals surface area contributed by atoms with Crippen LogP contribution in [-0.4, -0.2) is 9.78 Å². The van der Waals surface area contributed by atoms with Gasteiger partial charge in [-0.2, -0.15) is 13.2 Å². The number of alkyl halides is 3. The van der Waals surface area contributed by atoms with Crippen LogP contribution in [0.2, 0.25) is 0 Å². The Hall–Kier alpha value is -1.56. The number of aromatic nitrogens is 2. The second-order valence-corrected chi connectivity index (χ2v) is 4.09. The Balaban J connectivity index is 2.54. The van der Waals surface area contributed by atoms with Gasteiger partial charge in [0.15, 0.2) is 0 Å². The summed E-state index contributed by atoms with van der Waals surface area (Å²) in [6, 6.07) is 6.77. The number of H-pyrrole nitrogens is 1. The first-order valence-electron chi connectivity index (χ1n) is 4.84. The number of nitrogens with one attached hydrogen (secondary N) is 1. The van der Waals surface area contributed by atoms with Gasteiger partial charge >= 0.3 is 6.18 Å². The number of nitrogens with zero attached hydrogens (tertiary/aromatic N) is 1. The number of rotatable bonds is 1. The van der Waals surface area contributed by atoms with E-state index in [-0.39, 0.29) is 0 Å². The summed E-state index contributed by atoms with van der Waals surface area (Å²) in [5, 5.41) is 2.80. The maximum absolute atomic E-state index is 12.5. The Morgan fingerprint density at radius 3 is 2.47 bits per heavy atom. The van der Waals surface area contributed by atoms with Crippen molar-refractivity contribution in [2.24, 2.45) is 0 Å². The summed E-state index contributed by atoms with van der Waals surface area (Å²) in [5.74, 6) is 0. The van der Waals surface area contributed by atoms with Crippen LogP contribution in [-0.2, 0) is 6.18 Å². The van der Waals surface area contributed by atoms with Gasteiger partial charge in [0.05, 0.1) is 11.3 Å². The Morgan fingerprint density at radius 1 is 1.24 bits per heavy atom. The third-order valence-electron chi connectivity index (χ3n) is 2.35. The predicted molar refractivity (Wildman–Crippen MR) is 60.7 cm³/mol. The van der Waals surface area contributed by atoms with E-state index < -0.39 is 11.7 Å². The maximum Gasteiger partial charge on any atom is 0.416 e. The Kier molecular flexibility index (Phi) is 2.82. The molecule has 0 unspecified atom stereocenters. The number of aryl methyl sites for hydroxylation is 1. The van der Waals surface area contributed by atoms with E-state index >= 15 is 0 Å². The topological polar surface area (TPSA) is 20.7 Å². The van der Waals surface area contributed by atoms with Crippen molar-refractivity contribution in [1.82, 2.24) is 9.78 Å². The summed E-state index contributed by atoms with van der Waals surface area (Å²) < 4.78 is 39.7. The molecule has 0 bridgehead atoms. The molecule has 0 fully saturated rings. The molecule has 6 heteroatoms. The van der Waals surface area contributed by atoms with Gasteiger partial charge in [-0.15, -0.1) is 0 Å². The highest BCUT2D eigenvalue weighted by Crippen LogP contribution is 2.30. The van der Waals surface area contributed by atoms with Crippen LogP contribution in [0.4, 0.5) is 13.2 Å². The average Bonchev–Trinajstić information content (AvgIpc) is 2.57. The lowest BCUT2D eigenvalue weighted by atomic mass is 10.2. The van der Waals surface area contributed by atoms with Gasteiger partial charge in [0.1, 0.15) is 4.64 Å². The van der Waals surface area contributed by atoms with E-state index in [1.807, 2.05) is 0 Å². The van der Waals surface area contributed by atoms with Gasteiger partial charge in [-0.05, 0) is 31.2 Å². The van der Waals surface area contributed by atoms with Crippen molar-refractivity contribution in [3.05, 3.63) is 46.2 Å². The molecule has 0 aliphatic rings. The monoisotopic (exact) mass is 258 g/mol. The van der Waals surface area contributed by atoms with Crippen molar-refractivity contribution in [3.8, 4) is 5.69 Å². The van der Waals surface area contributed by atoms with E-state index in [4.69, 9.17) is 12.2 Å². The van der Waals surface area contributed by atoms with Crippen LogP contribution < -0.4 is 0 Å². The molecule has 1 N–H and O–H groups in total. The van der Waals surface area contributed by atoms with E-state index in [1.165, 1.54) is 10.7 Å². The maximum atomic E-state index is 12.5. The fourth-order valence-electron chi connectivity index (χ4n) is 1.57. The molecular weight excluding hydrogens is 249 g/mol. The largest absolute Gasteiger partial charge is 0.416 e. The molecule has 0 spiro atoms. The van der Waals surface area contributed by atoms with Gasteiger partial charge in [-0.25, -0.2) is 0 Å². The Labute approximate surface area is 101 Å². The van der Waals surface area contributed by atoms with Crippen LogP contribution in [0.25, 0.3) is 5.69 Å². The number of aromatic amines is 1. The molecule has 0 aliphatic heterocycles. The normalized spacial score (nSPS) is 11.8. The van der Waals surface area contributed by atoms with Crippen molar-refractivity contribution >= 4 is 12.2 Å². The third kappa shape index (κ3) is 2.41. The molecule has 2 aromatic rings. The summed E-state index contributed by atoms with van der Waals surface area (Å²) in [6.07, 6.45) is -4.34. The standard InChI is InChI=1S/C11H9F3N2S/c1-7-5-10(17)15-16(7)9-4-2-3-8(6-9)11(12,13)14/h2-6H,1H3,(H,15,17). The van der Waals surface area contributed by atoms with Gasteiger partial charge in [0.2, 0.25) is 0 Å². The third-order valence-corrected chi connectivity index (χ3v) is 2.56. The van der Waals surface area contributed by atoms with Gasteiger partial charge in [0.25, 0.3) is 0 Å². The van der Waals surface area contributed by atoms with E-state index in [1.54, 1.807) is 19.1 Å². The quantitative estimate of drug-likeness (QED) is 0.770. The minimum Gasteiger partial charge on any atom is -0.284 e. The molecular formula is C11H9F3N2S. The lowest BCUT2D eigenvalue weighted by Crippen LogP contribution is -2.07.